The summed E-state index contributed by atoms with van der Waals surface area (Å²) in [5.41, 5.74) is -0.804. The number of nitrogens with zero attached hydrogens (tertiary/aromatic N) is 1. The predicted molar refractivity (Wildman–Crippen MR) is 112 cm³/mol. The zero-order chi connectivity index (χ0) is 23.8. The van der Waals surface area contributed by atoms with Gasteiger partial charge in [0.25, 0.3) is 11.5 Å². The molecule has 0 saturated heterocycles. The lowest BCUT2D eigenvalue weighted by Gasteiger charge is -2.22. The summed E-state index contributed by atoms with van der Waals surface area (Å²) in [5, 5.41) is 2.53. The van der Waals surface area contributed by atoms with Crippen LogP contribution in [-0.4, -0.2) is 16.3 Å². The van der Waals surface area contributed by atoms with E-state index in [1.54, 1.807) is 6.07 Å². The van der Waals surface area contributed by atoms with E-state index in [1.807, 2.05) is 0 Å². The number of Topliss-reactive ketones (excluding diaryl/α,β-unsaturated/α-hetero) is 1. The third-order valence-corrected chi connectivity index (χ3v) is 5.46. The van der Waals surface area contributed by atoms with E-state index in [-0.39, 0.29) is 35.6 Å². The predicted octanol–water partition coefficient (Wildman–Crippen LogP) is 4.44. The quantitative estimate of drug-likeness (QED) is 0.588. The lowest BCUT2D eigenvalue weighted by Crippen LogP contribution is -2.36. The summed E-state index contributed by atoms with van der Waals surface area (Å²) in [7, 11) is 0. The summed E-state index contributed by atoms with van der Waals surface area (Å²) >= 11 is 0. The van der Waals surface area contributed by atoms with E-state index in [0.717, 1.165) is 28.8 Å². The highest BCUT2D eigenvalue weighted by atomic mass is 19.4. The number of hydrogen-bond donors (Lipinski definition) is 1. The number of pyridine rings is 1. The van der Waals surface area contributed by atoms with Gasteiger partial charge >= 0.3 is 6.18 Å². The van der Waals surface area contributed by atoms with Crippen LogP contribution in [0.15, 0.2) is 59.4 Å². The maximum absolute atomic E-state index is 13.4. The summed E-state index contributed by atoms with van der Waals surface area (Å²) in [5.74, 6) is -1.51. The normalized spacial score (nSPS) is 13.5. The van der Waals surface area contributed by atoms with Gasteiger partial charge in [-0.1, -0.05) is 12.1 Å². The molecule has 0 bridgehead atoms. The SMILES string of the molecule is O=C1CCCc2c1cc(C(=O)NCc1cccc(F)c1)c(=O)n2-c1ccc(C(F)(F)F)cc1. The number of hydrogen-bond acceptors (Lipinski definition) is 3. The molecule has 4 rings (SSSR count). The van der Waals surface area contributed by atoms with Crippen LogP contribution in [-0.2, 0) is 19.1 Å². The number of fused-ring (bicyclic) bond motifs is 1. The second-order valence-corrected chi connectivity index (χ2v) is 7.69. The Hall–Kier alpha value is -3.75. The maximum atomic E-state index is 13.4. The van der Waals surface area contributed by atoms with Gasteiger partial charge in [0.15, 0.2) is 5.78 Å². The molecule has 0 aliphatic heterocycles. The average molecular weight is 458 g/mol. The van der Waals surface area contributed by atoms with E-state index in [0.29, 0.717) is 24.1 Å². The topological polar surface area (TPSA) is 68.2 Å². The minimum atomic E-state index is -4.54. The molecule has 0 atom stereocenters. The van der Waals surface area contributed by atoms with Crippen LogP contribution in [0, 0.1) is 5.82 Å². The molecule has 5 nitrogen and oxygen atoms in total. The van der Waals surface area contributed by atoms with Crippen LogP contribution < -0.4 is 10.9 Å². The second-order valence-electron chi connectivity index (χ2n) is 7.69. The van der Waals surface area contributed by atoms with Crippen molar-refractivity contribution >= 4 is 11.7 Å². The molecular formula is C24H18F4N2O3. The lowest BCUT2D eigenvalue weighted by atomic mass is 9.92. The fourth-order valence-electron chi connectivity index (χ4n) is 3.85. The number of halogens is 4. The summed E-state index contributed by atoms with van der Waals surface area (Å²) in [6.45, 7) is -0.0542. The molecule has 0 spiro atoms. The van der Waals surface area contributed by atoms with E-state index >= 15 is 0 Å². The van der Waals surface area contributed by atoms with Gasteiger partial charge in [-0.2, -0.15) is 13.2 Å². The molecule has 33 heavy (non-hydrogen) atoms. The van der Waals surface area contributed by atoms with Crippen molar-refractivity contribution in [2.24, 2.45) is 0 Å². The highest BCUT2D eigenvalue weighted by Crippen LogP contribution is 2.30. The first-order valence-corrected chi connectivity index (χ1v) is 10.2. The summed E-state index contributed by atoms with van der Waals surface area (Å²) in [4.78, 5) is 38.6. The van der Waals surface area contributed by atoms with E-state index in [2.05, 4.69) is 5.32 Å². The number of carbonyl (C=O) groups excluding carboxylic acids is 2. The molecule has 0 saturated carbocycles. The minimum absolute atomic E-state index is 0.0542. The molecule has 170 valence electrons. The smallest absolute Gasteiger partial charge is 0.348 e. The minimum Gasteiger partial charge on any atom is -0.348 e. The van der Waals surface area contributed by atoms with Gasteiger partial charge < -0.3 is 5.32 Å². The zero-order valence-corrected chi connectivity index (χ0v) is 17.2. The molecule has 2 aromatic carbocycles. The Kier molecular flexibility index (Phi) is 5.88. The van der Waals surface area contributed by atoms with Crippen molar-refractivity contribution in [2.45, 2.75) is 32.0 Å². The highest BCUT2D eigenvalue weighted by Gasteiger charge is 2.31. The highest BCUT2D eigenvalue weighted by molar-refractivity contribution is 6.01. The fourth-order valence-corrected chi connectivity index (χ4v) is 3.85. The van der Waals surface area contributed by atoms with E-state index in [4.69, 9.17) is 0 Å². The average Bonchev–Trinajstić information content (AvgIpc) is 2.77. The molecule has 1 amide bonds. The van der Waals surface area contributed by atoms with Crippen LogP contribution in [0.2, 0.25) is 0 Å². The fraction of sp³-hybridized carbons (Fsp3) is 0.208. The molecule has 1 aromatic heterocycles. The zero-order valence-electron chi connectivity index (χ0n) is 17.2. The van der Waals surface area contributed by atoms with E-state index in [9.17, 15) is 31.9 Å². The van der Waals surface area contributed by atoms with Crippen LogP contribution in [0.1, 0.15) is 50.4 Å². The Labute approximate surface area is 185 Å². The van der Waals surface area contributed by atoms with Crippen molar-refractivity contribution in [3.63, 3.8) is 0 Å². The van der Waals surface area contributed by atoms with Crippen molar-refractivity contribution in [2.75, 3.05) is 0 Å². The summed E-state index contributed by atoms with van der Waals surface area (Å²) in [6, 6.07) is 10.8. The molecule has 0 unspecified atom stereocenters. The number of carbonyl (C=O) groups is 2. The number of amides is 1. The van der Waals surface area contributed by atoms with Crippen molar-refractivity contribution in [3.05, 3.63) is 98.7 Å². The number of ketones is 1. The Morgan fingerprint density at radius 1 is 1.00 bits per heavy atom. The number of rotatable bonds is 4. The van der Waals surface area contributed by atoms with Crippen LogP contribution in [0.25, 0.3) is 5.69 Å². The molecule has 1 heterocycles. The van der Waals surface area contributed by atoms with Gasteiger partial charge in [0.1, 0.15) is 11.4 Å². The maximum Gasteiger partial charge on any atom is 0.416 e. The number of alkyl halides is 3. The molecule has 0 radical (unpaired) electrons. The Morgan fingerprint density at radius 3 is 2.39 bits per heavy atom. The molecular weight excluding hydrogens is 440 g/mol. The van der Waals surface area contributed by atoms with Gasteiger partial charge in [-0.25, -0.2) is 4.39 Å². The van der Waals surface area contributed by atoms with Gasteiger partial charge in [0, 0.05) is 29.9 Å². The third kappa shape index (κ3) is 4.57. The molecule has 1 aliphatic carbocycles. The second kappa shape index (κ2) is 8.65. The van der Waals surface area contributed by atoms with Gasteiger partial charge in [0.2, 0.25) is 0 Å². The Morgan fingerprint density at radius 2 is 1.73 bits per heavy atom. The first-order chi connectivity index (χ1) is 15.6. The molecule has 9 heteroatoms. The standard InChI is InChI=1S/C24H18F4N2O3/c25-16-4-1-3-14(11-16)13-29-22(32)19-12-18-20(5-2-6-21(18)31)30(23(19)33)17-9-7-15(8-10-17)24(26,27)28/h1,3-4,7-12H,2,5-6,13H2,(H,29,32). The molecule has 1 N–H and O–H groups in total. The third-order valence-electron chi connectivity index (χ3n) is 5.46. The van der Waals surface area contributed by atoms with Gasteiger partial charge in [-0.05, 0) is 60.9 Å². The Balaban J connectivity index is 1.76. The Bertz CT molecular complexity index is 1290. The molecule has 0 fully saturated rings. The van der Waals surface area contributed by atoms with Crippen molar-refractivity contribution in [3.8, 4) is 5.69 Å². The van der Waals surface area contributed by atoms with Crippen molar-refractivity contribution < 1.29 is 27.2 Å². The van der Waals surface area contributed by atoms with Gasteiger partial charge in [0.05, 0.1) is 5.56 Å². The van der Waals surface area contributed by atoms with Gasteiger partial charge in [-0.15, -0.1) is 0 Å². The largest absolute Gasteiger partial charge is 0.416 e. The van der Waals surface area contributed by atoms with Crippen LogP contribution in [0.5, 0.6) is 0 Å². The number of aromatic nitrogens is 1. The summed E-state index contributed by atoms with van der Waals surface area (Å²) in [6.07, 6.45) is -3.46. The first-order valence-electron chi connectivity index (χ1n) is 10.2. The van der Waals surface area contributed by atoms with E-state index in [1.165, 1.54) is 24.3 Å². The van der Waals surface area contributed by atoms with Gasteiger partial charge in [-0.3, -0.25) is 19.0 Å². The monoisotopic (exact) mass is 458 g/mol. The van der Waals surface area contributed by atoms with E-state index < -0.39 is 29.0 Å². The van der Waals surface area contributed by atoms with Crippen molar-refractivity contribution in [1.29, 1.82) is 0 Å². The van der Waals surface area contributed by atoms with Crippen LogP contribution >= 0.6 is 0 Å². The molecule has 3 aromatic rings. The van der Waals surface area contributed by atoms with Crippen LogP contribution in [0.3, 0.4) is 0 Å². The molecule has 1 aliphatic rings. The summed E-state index contributed by atoms with van der Waals surface area (Å²) < 4.78 is 53.4. The number of benzene rings is 2. The first kappa shape index (κ1) is 22.4. The number of nitrogens with one attached hydrogen (secondary N) is 1. The lowest BCUT2D eigenvalue weighted by molar-refractivity contribution is -0.137. The van der Waals surface area contributed by atoms with Crippen LogP contribution in [0.4, 0.5) is 17.6 Å². The van der Waals surface area contributed by atoms with Crippen molar-refractivity contribution in [1.82, 2.24) is 9.88 Å².